The lowest BCUT2D eigenvalue weighted by molar-refractivity contribution is -0.0569. The summed E-state index contributed by atoms with van der Waals surface area (Å²) in [6, 6.07) is 1.97. The molecule has 1 spiro atoms. The number of ether oxygens (including phenoxy) is 1. The van der Waals surface area contributed by atoms with Crippen LogP contribution in [0.4, 0.5) is 0 Å². The van der Waals surface area contributed by atoms with E-state index in [1.54, 1.807) is 0 Å². The van der Waals surface area contributed by atoms with Gasteiger partial charge in [-0.15, -0.1) is 0 Å². The Balaban J connectivity index is 1.29. The van der Waals surface area contributed by atoms with Crippen molar-refractivity contribution in [2.45, 2.75) is 76.9 Å². The Morgan fingerprint density at radius 3 is 2.61 bits per heavy atom. The summed E-state index contributed by atoms with van der Waals surface area (Å²) < 4.78 is 6.09. The van der Waals surface area contributed by atoms with E-state index in [-0.39, 0.29) is 17.6 Å². The molecule has 6 nitrogen and oxygen atoms in total. The molecule has 2 aliphatic heterocycles. The summed E-state index contributed by atoms with van der Waals surface area (Å²) in [6.07, 6.45) is 8.64. The van der Waals surface area contributed by atoms with Gasteiger partial charge in [0.15, 0.2) is 0 Å². The molecule has 1 saturated heterocycles. The molecule has 0 aromatic carbocycles. The van der Waals surface area contributed by atoms with E-state index >= 15 is 0 Å². The van der Waals surface area contributed by atoms with Crippen molar-refractivity contribution in [2.24, 2.45) is 11.1 Å². The predicted molar refractivity (Wildman–Crippen MR) is 106 cm³/mol. The molecule has 0 unspecified atom stereocenters. The molecular weight excluding hydrogens is 354 g/mol. The lowest BCUT2D eigenvalue weighted by atomic mass is 9.85. The number of oxime groups is 1. The van der Waals surface area contributed by atoms with Crippen molar-refractivity contribution in [1.82, 2.24) is 9.88 Å². The van der Waals surface area contributed by atoms with Crippen molar-refractivity contribution in [3.63, 3.8) is 0 Å². The average molecular weight is 383 g/mol. The number of amides is 1. The van der Waals surface area contributed by atoms with Crippen LogP contribution >= 0.6 is 0 Å². The minimum atomic E-state index is -0.180. The van der Waals surface area contributed by atoms with Gasteiger partial charge in [-0.25, -0.2) is 4.98 Å². The van der Waals surface area contributed by atoms with Gasteiger partial charge in [-0.3, -0.25) is 4.79 Å². The zero-order chi connectivity index (χ0) is 19.3. The summed E-state index contributed by atoms with van der Waals surface area (Å²) in [5.41, 5.74) is 3.54. The molecular formula is C22H29N3O3. The molecule has 2 saturated carbocycles. The number of hydrogen-bond acceptors (Lipinski definition) is 5. The Morgan fingerprint density at radius 1 is 1.21 bits per heavy atom. The molecule has 1 aromatic rings. The van der Waals surface area contributed by atoms with Crippen molar-refractivity contribution < 1.29 is 14.4 Å². The highest BCUT2D eigenvalue weighted by atomic mass is 16.7. The molecule has 5 rings (SSSR count). The van der Waals surface area contributed by atoms with E-state index in [0.29, 0.717) is 30.5 Å². The lowest BCUT2D eigenvalue weighted by Crippen LogP contribution is -2.47. The van der Waals surface area contributed by atoms with Gasteiger partial charge in [0.2, 0.25) is 5.88 Å². The molecule has 0 radical (unpaired) electrons. The fourth-order valence-corrected chi connectivity index (χ4v) is 4.52. The van der Waals surface area contributed by atoms with Gasteiger partial charge >= 0.3 is 0 Å². The molecule has 1 aromatic heterocycles. The molecule has 150 valence electrons. The van der Waals surface area contributed by atoms with Gasteiger partial charge in [-0.05, 0) is 57.6 Å². The normalized spacial score (nSPS) is 23.9. The third-order valence-corrected chi connectivity index (χ3v) is 6.73. The largest absolute Gasteiger partial charge is 0.474 e. The van der Waals surface area contributed by atoms with Crippen molar-refractivity contribution in [2.75, 3.05) is 13.1 Å². The monoisotopic (exact) mass is 383 g/mol. The molecule has 0 N–H and O–H groups in total. The number of rotatable bonds is 4. The fraction of sp³-hybridized carbons (Fsp3) is 0.682. The van der Waals surface area contributed by atoms with Crippen molar-refractivity contribution >= 4 is 11.6 Å². The van der Waals surface area contributed by atoms with Gasteiger partial charge in [0.05, 0.1) is 5.71 Å². The summed E-state index contributed by atoms with van der Waals surface area (Å²) >= 11 is 0. The standard InChI is InChI=1S/C22H29N3O3/c1-14-12-15(2)23-20(27-17-4-3-5-17)19(14)21(26)25-10-8-22(9-11-25)13-18(24-28-22)16-6-7-16/h12,16-17H,3-11,13H2,1-2H3. The van der Waals surface area contributed by atoms with E-state index in [1.165, 1.54) is 25.0 Å². The minimum absolute atomic E-state index is 0.0375. The summed E-state index contributed by atoms with van der Waals surface area (Å²) in [7, 11) is 0. The quantitative estimate of drug-likeness (QED) is 0.793. The SMILES string of the molecule is Cc1cc(C)c(C(=O)N2CCC3(CC2)CC(C2CC2)=NO3)c(OC2CCC2)n1. The van der Waals surface area contributed by atoms with E-state index in [9.17, 15) is 4.79 Å². The van der Waals surface area contributed by atoms with Crippen LogP contribution in [0, 0.1) is 19.8 Å². The van der Waals surface area contributed by atoms with E-state index in [4.69, 9.17) is 9.57 Å². The summed E-state index contributed by atoms with van der Waals surface area (Å²) in [4.78, 5) is 25.8. The molecule has 0 bridgehead atoms. The maximum absolute atomic E-state index is 13.4. The highest BCUT2D eigenvalue weighted by molar-refractivity contribution is 5.98. The van der Waals surface area contributed by atoms with Crippen molar-refractivity contribution in [3.8, 4) is 5.88 Å². The molecule has 3 fully saturated rings. The van der Waals surface area contributed by atoms with Gasteiger partial charge in [0.25, 0.3) is 5.91 Å². The highest BCUT2D eigenvalue weighted by Gasteiger charge is 2.46. The summed E-state index contributed by atoms with van der Waals surface area (Å²) in [6.45, 7) is 5.33. The molecule has 0 atom stereocenters. The molecule has 6 heteroatoms. The third-order valence-electron chi connectivity index (χ3n) is 6.73. The fourth-order valence-electron chi connectivity index (χ4n) is 4.52. The van der Waals surface area contributed by atoms with Gasteiger partial charge < -0.3 is 14.5 Å². The van der Waals surface area contributed by atoms with Gasteiger partial charge in [0, 0.05) is 44.0 Å². The second-order valence-corrected chi connectivity index (χ2v) is 9.03. The van der Waals surface area contributed by atoms with E-state index in [0.717, 1.165) is 43.4 Å². The Morgan fingerprint density at radius 2 is 1.96 bits per heavy atom. The average Bonchev–Trinajstić information content (AvgIpc) is 3.40. The number of nitrogens with zero attached hydrogens (tertiary/aromatic N) is 3. The zero-order valence-corrected chi connectivity index (χ0v) is 16.9. The van der Waals surface area contributed by atoms with Crippen LogP contribution in [0.2, 0.25) is 0 Å². The number of likely N-dealkylation sites (tertiary alicyclic amines) is 1. The van der Waals surface area contributed by atoms with Crippen LogP contribution < -0.4 is 4.74 Å². The number of pyridine rings is 1. The minimum Gasteiger partial charge on any atom is -0.474 e. The maximum Gasteiger partial charge on any atom is 0.259 e. The first-order chi connectivity index (χ1) is 13.5. The Bertz CT molecular complexity index is 819. The molecule has 2 aliphatic carbocycles. The van der Waals surface area contributed by atoms with Crippen LogP contribution in [-0.4, -0.2) is 46.3 Å². The number of piperidine rings is 1. The first-order valence-corrected chi connectivity index (χ1v) is 10.7. The second kappa shape index (κ2) is 6.75. The molecule has 4 aliphatic rings. The van der Waals surface area contributed by atoms with Crippen LogP contribution in [0.15, 0.2) is 11.2 Å². The molecule has 1 amide bonds. The first-order valence-electron chi connectivity index (χ1n) is 10.7. The number of carbonyl (C=O) groups is 1. The Kier molecular flexibility index (Phi) is 4.33. The summed E-state index contributed by atoms with van der Waals surface area (Å²) in [5, 5.41) is 4.37. The van der Waals surface area contributed by atoms with Crippen molar-refractivity contribution in [1.29, 1.82) is 0 Å². The number of aryl methyl sites for hydroxylation is 2. The first kappa shape index (κ1) is 18.0. The van der Waals surface area contributed by atoms with Crippen LogP contribution in [0.1, 0.15) is 73.0 Å². The number of carbonyl (C=O) groups excluding carboxylic acids is 1. The van der Waals surface area contributed by atoms with Crippen LogP contribution in [0.3, 0.4) is 0 Å². The predicted octanol–water partition coefficient (Wildman–Crippen LogP) is 3.79. The van der Waals surface area contributed by atoms with Crippen LogP contribution in [0.5, 0.6) is 5.88 Å². The third kappa shape index (κ3) is 3.27. The van der Waals surface area contributed by atoms with Gasteiger partial charge in [0.1, 0.15) is 17.3 Å². The number of hydrogen-bond donors (Lipinski definition) is 0. The van der Waals surface area contributed by atoms with Gasteiger partial charge in [-0.1, -0.05) is 5.16 Å². The topological polar surface area (TPSA) is 64.0 Å². The van der Waals surface area contributed by atoms with Crippen LogP contribution in [0.25, 0.3) is 0 Å². The Labute approximate surface area is 166 Å². The maximum atomic E-state index is 13.4. The summed E-state index contributed by atoms with van der Waals surface area (Å²) in [5.74, 6) is 1.21. The smallest absolute Gasteiger partial charge is 0.259 e. The molecule has 3 heterocycles. The van der Waals surface area contributed by atoms with E-state index in [1.807, 2.05) is 24.8 Å². The van der Waals surface area contributed by atoms with Gasteiger partial charge in [-0.2, -0.15) is 0 Å². The lowest BCUT2D eigenvalue weighted by Gasteiger charge is -2.37. The number of aromatic nitrogens is 1. The Hall–Kier alpha value is -2.11. The second-order valence-electron chi connectivity index (χ2n) is 9.03. The highest BCUT2D eigenvalue weighted by Crippen LogP contribution is 2.42. The van der Waals surface area contributed by atoms with Crippen LogP contribution in [-0.2, 0) is 4.84 Å². The zero-order valence-electron chi connectivity index (χ0n) is 16.9. The van der Waals surface area contributed by atoms with Crippen molar-refractivity contribution in [3.05, 3.63) is 22.9 Å². The molecule has 28 heavy (non-hydrogen) atoms. The van der Waals surface area contributed by atoms with E-state index in [2.05, 4.69) is 10.1 Å². The van der Waals surface area contributed by atoms with E-state index < -0.39 is 0 Å².